The third-order valence-electron chi connectivity index (χ3n) is 2.62. The molecule has 0 aliphatic rings. The lowest BCUT2D eigenvalue weighted by Gasteiger charge is -2.04. The summed E-state index contributed by atoms with van der Waals surface area (Å²) in [4.78, 5) is 4.36. The molecule has 0 unspecified atom stereocenters. The van der Waals surface area contributed by atoms with Gasteiger partial charge in [-0.25, -0.2) is 4.98 Å². The van der Waals surface area contributed by atoms with Crippen LogP contribution in [0.25, 0.3) is 11.3 Å². The molecule has 4 nitrogen and oxygen atoms in total. The van der Waals surface area contributed by atoms with Crippen molar-refractivity contribution in [1.82, 2.24) is 4.98 Å². The van der Waals surface area contributed by atoms with Gasteiger partial charge >= 0.3 is 0 Å². The first-order valence-corrected chi connectivity index (χ1v) is 6.14. The number of nitrogens with zero attached hydrogens (tertiary/aromatic N) is 1. The molecule has 0 bridgehead atoms. The van der Waals surface area contributed by atoms with Crippen LogP contribution in [0.3, 0.4) is 0 Å². The Balaban J connectivity index is 2.20. The second-order valence-electron chi connectivity index (χ2n) is 4.09. The highest BCUT2D eigenvalue weighted by Gasteiger charge is 2.10. The van der Waals surface area contributed by atoms with Gasteiger partial charge in [-0.3, -0.25) is 0 Å². The Bertz CT molecular complexity index is 503. The number of aromatic nitrogens is 1. The molecule has 4 heteroatoms. The normalized spacial score (nSPS) is 10.6. The molecule has 2 aromatic rings. The predicted molar refractivity (Wildman–Crippen MR) is 70.4 cm³/mol. The van der Waals surface area contributed by atoms with E-state index < -0.39 is 0 Å². The van der Waals surface area contributed by atoms with Gasteiger partial charge in [0.15, 0.2) is 0 Å². The standard InChI is InChI=1S/C14H18N2O2/c1-3-8-17-12-6-4-11(5-7-12)14-10(2)18-13(9-15)16-14/h4-7H,3,8-9,15H2,1-2H3. The maximum atomic E-state index is 5.54. The van der Waals surface area contributed by atoms with Gasteiger partial charge in [0.2, 0.25) is 5.89 Å². The highest BCUT2D eigenvalue weighted by atomic mass is 16.5. The van der Waals surface area contributed by atoms with Crippen LogP contribution in [0.5, 0.6) is 5.75 Å². The van der Waals surface area contributed by atoms with Crippen LogP contribution in [-0.4, -0.2) is 11.6 Å². The van der Waals surface area contributed by atoms with Gasteiger partial charge in [0.1, 0.15) is 17.2 Å². The molecule has 0 aliphatic heterocycles. The molecule has 0 fully saturated rings. The van der Waals surface area contributed by atoms with Crippen molar-refractivity contribution in [2.45, 2.75) is 26.8 Å². The average molecular weight is 246 g/mol. The van der Waals surface area contributed by atoms with Crippen LogP contribution >= 0.6 is 0 Å². The lowest BCUT2D eigenvalue weighted by molar-refractivity contribution is 0.317. The summed E-state index contributed by atoms with van der Waals surface area (Å²) < 4.78 is 11.0. The lowest BCUT2D eigenvalue weighted by atomic mass is 10.1. The van der Waals surface area contributed by atoms with E-state index in [4.69, 9.17) is 14.9 Å². The summed E-state index contributed by atoms with van der Waals surface area (Å²) in [6, 6.07) is 7.86. The fraction of sp³-hybridized carbons (Fsp3) is 0.357. The number of aryl methyl sites for hydroxylation is 1. The zero-order valence-corrected chi connectivity index (χ0v) is 10.8. The smallest absolute Gasteiger partial charge is 0.208 e. The van der Waals surface area contributed by atoms with Crippen molar-refractivity contribution in [2.75, 3.05) is 6.61 Å². The maximum Gasteiger partial charge on any atom is 0.208 e. The van der Waals surface area contributed by atoms with Crippen molar-refractivity contribution < 1.29 is 9.15 Å². The number of benzene rings is 1. The molecule has 1 aromatic heterocycles. The van der Waals surface area contributed by atoms with E-state index in [2.05, 4.69) is 11.9 Å². The van der Waals surface area contributed by atoms with Crippen LogP contribution in [0.2, 0.25) is 0 Å². The van der Waals surface area contributed by atoms with E-state index in [1.807, 2.05) is 31.2 Å². The summed E-state index contributed by atoms with van der Waals surface area (Å²) in [5.74, 6) is 2.23. The first-order chi connectivity index (χ1) is 8.74. The van der Waals surface area contributed by atoms with Gasteiger partial charge in [-0.1, -0.05) is 6.92 Å². The zero-order valence-electron chi connectivity index (χ0n) is 10.8. The van der Waals surface area contributed by atoms with Gasteiger partial charge < -0.3 is 14.9 Å². The van der Waals surface area contributed by atoms with Gasteiger partial charge in [0.05, 0.1) is 13.2 Å². The molecule has 2 N–H and O–H groups in total. The summed E-state index contributed by atoms with van der Waals surface area (Å²) in [5.41, 5.74) is 7.37. The molecule has 0 atom stereocenters. The topological polar surface area (TPSA) is 61.3 Å². The van der Waals surface area contributed by atoms with Crippen molar-refractivity contribution in [1.29, 1.82) is 0 Å². The van der Waals surface area contributed by atoms with Gasteiger partial charge in [0, 0.05) is 5.56 Å². The van der Waals surface area contributed by atoms with Gasteiger partial charge in [-0.15, -0.1) is 0 Å². The number of ether oxygens (including phenoxy) is 1. The molecule has 0 amide bonds. The van der Waals surface area contributed by atoms with Crippen molar-refractivity contribution in [3.63, 3.8) is 0 Å². The van der Waals surface area contributed by atoms with Gasteiger partial charge in [0.25, 0.3) is 0 Å². The molecule has 2 rings (SSSR count). The molecule has 1 heterocycles. The van der Waals surface area contributed by atoms with Crippen molar-refractivity contribution in [2.24, 2.45) is 5.73 Å². The molecule has 96 valence electrons. The average Bonchev–Trinajstić information content (AvgIpc) is 2.78. The second kappa shape index (κ2) is 5.69. The molecule has 0 radical (unpaired) electrons. The van der Waals surface area contributed by atoms with Crippen molar-refractivity contribution >= 4 is 0 Å². The van der Waals surface area contributed by atoms with E-state index in [1.54, 1.807) is 0 Å². The van der Waals surface area contributed by atoms with Crippen LogP contribution in [-0.2, 0) is 6.54 Å². The molecular weight excluding hydrogens is 228 g/mol. The highest BCUT2D eigenvalue weighted by molar-refractivity contribution is 5.61. The molecule has 0 saturated heterocycles. The van der Waals surface area contributed by atoms with E-state index in [1.165, 1.54) is 0 Å². The summed E-state index contributed by atoms with van der Waals surface area (Å²) in [6.07, 6.45) is 1.00. The predicted octanol–water partition coefficient (Wildman–Crippen LogP) is 2.90. The minimum Gasteiger partial charge on any atom is -0.494 e. The molecule has 0 saturated carbocycles. The van der Waals surface area contributed by atoms with E-state index in [0.717, 1.165) is 35.8 Å². The van der Waals surface area contributed by atoms with E-state index in [-0.39, 0.29) is 0 Å². The minimum absolute atomic E-state index is 0.318. The summed E-state index contributed by atoms with van der Waals surface area (Å²) in [6.45, 7) is 5.03. The molecule has 1 aromatic carbocycles. The van der Waals surface area contributed by atoms with E-state index in [9.17, 15) is 0 Å². The van der Waals surface area contributed by atoms with Crippen LogP contribution in [0.15, 0.2) is 28.7 Å². The Morgan fingerprint density at radius 2 is 2.00 bits per heavy atom. The number of rotatable bonds is 5. The van der Waals surface area contributed by atoms with Gasteiger partial charge in [-0.2, -0.15) is 0 Å². The Morgan fingerprint density at radius 3 is 2.56 bits per heavy atom. The summed E-state index contributed by atoms with van der Waals surface area (Å²) in [5, 5.41) is 0. The maximum absolute atomic E-state index is 5.54. The van der Waals surface area contributed by atoms with Gasteiger partial charge in [-0.05, 0) is 37.6 Å². The number of hydrogen-bond donors (Lipinski definition) is 1. The Morgan fingerprint density at radius 1 is 1.28 bits per heavy atom. The van der Waals surface area contributed by atoms with E-state index >= 15 is 0 Å². The van der Waals surface area contributed by atoms with Crippen molar-refractivity contribution in [3.8, 4) is 17.0 Å². The van der Waals surface area contributed by atoms with Crippen molar-refractivity contribution in [3.05, 3.63) is 35.9 Å². The Kier molecular flexibility index (Phi) is 3.99. The van der Waals surface area contributed by atoms with Crippen LogP contribution in [0.1, 0.15) is 25.0 Å². The Labute approximate surface area is 107 Å². The molecule has 0 aliphatic carbocycles. The van der Waals surface area contributed by atoms with E-state index in [0.29, 0.717) is 12.4 Å². The number of hydrogen-bond acceptors (Lipinski definition) is 4. The minimum atomic E-state index is 0.318. The molecule has 18 heavy (non-hydrogen) atoms. The first kappa shape index (κ1) is 12.6. The monoisotopic (exact) mass is 246 g/mol. The Hall–Kier alpha value is -1.81. The summed E-state index contributed by atoms with van der Waals surface area (Å²) in [7, 11) is 0. The first-order valence-electron chi connectivity index (χ1n) is 6.14. The zero-order chi connectivity index (χ0) is 13.0. The number of oxazole rings is 1. The quantitative estimate of drug-likeness (QED) is 0.881. The fourth-order valence-corrected chi connectivity index (χ4v) is 1.74. The molecular formula is C14H18N2O2. The summed E-state index contributed by atoms with van der Waals surface area (Å²) >= 11 is 0. The second-order valence-corrected chi connectivity index (χ2v) is 4.09. The van der Waals surface area contributed by atoms with Crippen LogP contribution in [0, 0.1) is 6.92 Å². The van der Waals surface area contributed by atoms with Crippen LogP contribution in [0.4, 0.5) is 0 Å². The number of nitrogens with two attached hydrogens (primary N) is 1. The highest BCUT2D eigenvalue weighted by Crippen LogP contribution is 2.25. The third-order valence-corrected chi connectivity index (χ3v) is 2.62. The largest absolute Gasteiger partial charge is 0.494 e. The SMILES string of the molecule is CCCOc1ccc(-c2nc(CN)oc2C)cc1. The lowest BCUT2D eigenvalue weighted by Crippen LogP contribution is -1.96. The fourth-order valence-electron chi connectivity index (χ4n) is 1.74. The third kappa shape index (κ3) is 2.71. The van der Waals surface area contributed by atoms with Crippen LogP contribution < -0.4 is 10.5 Å². The molecule has 0 spiro atoms.